The van der Waals surface area contributed by atoms with Crippen molar-refractivity contribution < 1.29 is 19.1 Å². The van der Waals surface area contributed by atoms with Crippen molar-refractivity contribution in [3.63, 3.8) is 0 Å². The molecular formula is C29H38O4Si. The number of carboxylic acids is 1. The zero-order valence-electron chi connectivity index (χ0n) is 21.1. The maximum absolute atomic E-state index is 12.9. The molecule has 0 aromatic heterocycles. The van der Waals surface area contributed by atoms with E-state index in [1.54, 1.807) is 0 Å². The molecule has 1 N–H and O–H groups in total. The SMILES string of the molecule is C[C@@H]1C[C@@H](O[Si](c2ccccc2)(c2ccccc2)C(C)(C)C)O[C@]1(C(=O)O)[C@]1(C)C=CCCC1. The lowest BCUT2D eigenvalue weighted by Crippen LogP contribution is -2.68. The second kappa shape index (κ2) is 9.10. The van der Waals surface area contributed by atoms with Gasteiger partial charge in [0.2, 0.25) is 0 Å². The number of ether oxygens (including phenoxy) is 1. The van der Waals surface area contributed by atoms with Crippen molar-refractivity contribution >= 4 is 24.7 Å². The minimum Gasteiger partial charge on any atom is -0.479 e. The molecule has 4 atom stereocenters. The van der Waals surface area contributed by atoms with Crippen LogP contribution in [0.25, 0.3) is 0 Å². The van der Waals surface area contributed by atoms with Crippen LogP contribution in [-0.4, -0.2) is 31.3 Å². The number of carbonyl (C=O) groups is 1. The Labute approximate surface area is 205 Å². The highest BCUT2D eigenvalue weighted by Crippen LogP contribution is 2.54. The Morgan fingerprint density at radius 2 is 1.62 bits per heavy atom. The van der Waals surface area contributed by atoms with Gasteiger partial charge in [-0.15, -0.1) is 0 Å². The average molecular weight is 479 g/mol. The second-order valence-electron chi connectivity index (χ2n) is 11.2. The van der Waals surface area contributed by atoms with Gasteiger partial charge in [0.25, 0.3) is 8.32 Å². The number of hydrogen-bond acceptors (Lipinski definition) is 3. The fourth-order valence-corrected chi connectivity index (χ4v) is 10.9. The Bertz CT molecular complexity index is 990. The Balaban J connectivity index is 1.81. The molecule has 1 aliphatic heterocycles. The Kier molecular flexibility index (Phi) is 6.66. The van der Waals surface area contributed by atoms with Crippen LogP contribution in [0.15, 0.2) is 72.8 Å². The predicted molar refractivity (Wildman–Crippen MR) is 139 cm³/mol. The molecule has 0 saturated carbocycles. The van der Waals surface area contributed by atoms with E-state index in [1.807, 2.05) is 26.0 Å². The summed E-state index contributed by atoms with van der Waals surface area (Å²) >= 11 is 0. The lowest BCUT2D eigenvalue weighted by atomic mass is 9.63. The minimum absolute atomic E-state index is 0.180. The molecule has 0 unspecified atom stereocenters. The molecule has 2 aromatic carbocycles. The summed E-state index contributed by atoms with van der Waals surface area (Å²) in [6, 6.07) is 20.9. The normalized spacial score (nSPS) is 29.8. The van der Waals surface area contributed by atoms with Crippen molar-refractivity contribution in [2.75, 3.05) is 0 Å². The van der Waals surface area contributed by atoms with E-state index < -0.39 is 31.6 Å². The molecule has 2 aromatic rings. The molecule has 2 aliphatic rings. The van der Waals surface area contributed by atoms with Crippen molar-refractivity contribution in [1.29, 1.82) is 0 Å². The van der Waals surface area contributed by atoms with Crippen LogP contribution in [0.4, 0.5) is 0 Å². The number of aliphatic carboxylic acids is 1. The smallest absolute Gasteiger partial charge is 0.337 e. The number of rotatable bonds is 6. The molecule has 1 saturated heterocycles. The van der Waals surface area contributed by atoms with E-state index in [0.717, 1.165) is 19.3 Å². The third-order valence-electron chi connectivity index (χ3n) is 8.00. The van der Waals surface area contributed by atoms with Gasteiger partial charge in [0, 0.05) is 17.8 Å². The summed E-state index contributed by atoms with van der Waals surface area (Å²) in [7, 11) is -2.85. The lowest BCUT2D eigenvalue weighted by Gasteiger charge is -2.46. The summed E-state index contributed by atoms with van der Waals surface area (Å²) in [6.45, 7) is 10.7. The first kappa shape index (κ1) is 24.9. The van der Waals surface area contributed by atoms with Crippen LogP contribution in [-0.2, 0) is 14.0 Å². The molecule has 1 heterocycles. The third-order valence-corrected chi connectivity index (χ3v) is 13.0. The largest absolute Gasteiger partial charge is 0.479 e. The van der Waals surface area contributed by atoms with Crippen molar-refractivity contribution in [3.05, 3.63) is 72.8 Å². The van der Waals surface area contributed by atoms with Gasteiger partial charge in [0.1, 0.15) is 6.29 Å². The Hall–Kier alpha value is -2.21. The van der Waals surface area contributed by atoms with Crippen LogP contribution < -0.4 is 10.4 Å². The highest BCUT2D eigenvalue weighted by Gasteiger charge is 2.64. The molecule has 4 rings (SSSR count). The quantitative estimate of drug-likeness (QED) is 0.439. The van der Waals surface area contributed by atoms with Crippen LogP contribution >= 0.6 is 0 Å². The van der Waals surface area contributed by atoms with Gasteiger partial charge in [-0.2, -0.15) is 0 Å². The fourth-order valence-electron chi connectivity index (χ4n) is 6.31. The average Bonchev–Trinajstić information content (AvgIpc) is 3.16. The number of benzene rings is 2. The fraction of sp³-hybridized carbons (Fsp3) is 0.483. The van der Waals surface area contributed by atoms with Crippen molar-refractivity contribution in [1.82, 2.24) is 0 Å². The molecule has 182 valence electrons. The summed E-state index contributed by atoms with van der Waals surface area (Å²) in [6.07, 6.45) is 6.91. The van der Waals surface area contributed by atoms with E-state index >= 15 is 0 Å². The first-order valence-electron chi connectivity index (χ1n) is 12.4. The van der Waals surface area contributed by atoms with E-state index in [2.05, 4.69) is 81.5 Å². The summed E-state index contributed by atoms with van der Waals surface area (Å²) in [4.78, 5) is 12.9. The molecule has 1 aliphatic carbocycles. The van der Waals surface area contributed by atoms with Gasteiger partial charge in [-0.1, -0.05) is 107 Å². The molecule has 1 fully saturated rings. The van der Waals surface area contributed by atoms with Gasteiger partial charge >= 0.3 is 5.97 Å². The topological polar surface area (TPSA) is 55.8 Å². The van der Waals surface area contributed by atoms with E-state index in [4.69, 9.17) is 9.16 Å². The van der Waals surface area contributed by atoms with Gasteiger partial charge in [-0.3, -0.25) is 0 Å². The number of allylic oxidation sites excluding steroid dienone is 1. The van der Waals surface area contributed by atoms with E-state index in [-0.39, 0.29) is 11.0 Å². The minimum atomic E-state index is -2.85. The van der Waals surface area contributed by atoms with Gasteiger partial charge in [0.15, 0.2) is 5.60 Å². The van der Waals surface area contributed by atoms with E-state index in [9.17, 15) is 9.90 Å². The van der Waals surface area contributed by atoms with Crippen LogP contribution in [0.3, 0.4) is 0 Å². The van der Waals surface area contributed by atoms with E-state index in [0.29, 0.717) is 6.42 Å². The second-order valence-corrected chi connectivity index (χ2v) is 15.5. The monoisotopic (exact) mass is 478 g/mol. The maximum Gasteiger partial charge on any atom is 0.337 e. The number of carboxylic acid groups (broad SMARTS) is 1. The van der Waals surface area contributed by atoms with Gasteiger partial charge < -0.3 is 14.3 Å². The standard InChI is InChI=1S/C29H38O4Si/c1-22-21-25(32-29(22,26(30)31)28(5)19-13-8-14-20-28)33-34(27(2,3)4,23-15-9-6-10-16-23)24-17-11-7-12-18-24/h6-7,9-13,15-19,22,25H,8,14,20-21H2,1-5H3,(H,30,31)/t22-,25-,28-,29-/m1/s1. The molecule has 34 heavy (non-hydrogen) atoms. The zero-order chi connectivity index (χ0) is 24.6. The van der Waals surface area contributed by atoms with Crippen LogP contribution in [0, 0.1) is 11.3 Å². The summed E-state index contributed by atoms with van der Waals surface area (Å²) < 4.78 is 13.8. The molecule has 4 nitrogen and oxygen atoms in total. The maximum atomic E-state index is 12.9. The van der Waals surface area contributed by atoms with Crippen LogP contribution in [0.1, 0.15) is 60.3 Å². The molecule has 0 spiro atoms. The molecule has 0 bridgehead atoms. The van der Waals surface area contributed by atoms with Crippen LogP contribution in [0.5, 0.6) is 0 Å². The van der Waals surface area contributed by atoms with Crippen molar-refractivity contribution in [3.8, 4) is 0 Å². The van der Waals surface area contributed by atoms with Gasteiger partial charge in [0.05, 0.1) is 0 Å². The van der Waals surface area contributed by atoms with E-state index in [1.165, 1.54) is 10.4 Å². The Morgan fingerprint density at radius 3 is 2.06 bits per heavy atom. The number of hydrogen-bond donors (Lipinski definition) is 1. The highest BCUT2D eigenvalue weighted by molar-refractivity contribution is 6.99. The molecular weight excluding hydrogens is 440 g/mol. The zero-order valence-corrected chi connectivity index (χ0v) is 22.1. The molecule has 0 amide bonds. The third kappa shape index (κ3) is 3.88. The summed E-state index contributed by atoms with van der Waals surface area (Å²) in [5.74, 6) is -1.07. The predicted octanol–water partition coefficient (Wildman–Crippen LogP) is 5.52. The Morgan fingerprint density at radius 1 is 1.06 bits per heavy atom. The van der Waals surface area contributed by atoms with Crippen molar-refractivity contribution in [2.24, 2.45) is 11.3 Å². The van der Waals surface area contributed by atoms with Crippen LogP contribution in [0.2, 0.25) is 5.04 Å². The van der Waals surface area contributed by atoms with Gasteiger partial charge in [-0.05, 0) is 34.7 Å². The molecule has 0 radical (unpaired) electrons. The summed E-state index contributed by atoms with van der Waals surface area (Å²) in [5.41, 5.74) is -1.87. The molecule has 5 heteroatoms. The first-order chi connectivity index (χ1) is 16.1. The summed E-state index contributed by atoms with van der Waals surface area (Å²) in [5, 5.41) is 12.7. The van der Waals surface area contributed by atoms with Gasteiger partial charge in [-0.25, -0.2) is 4.79 Å². The highest BCUT2D eigenvalue weighted by atomic mass is 28.4. The van der Waals surface area contributed by atoms with Crippen molar-refractivity contribution in [2.45, 2.75) is 77.2 Å². The first-order valence-corrected chi connectivity index (χ1v) is 14.4. The lowest BCUT2D eigenvalue weighted by molar-refractivity contribution is -0.204.